The fourth-order valence-electron chi connectivity index (χ4n) is 3.43. The molecule has 4 nitrogen and oxygen atoms in total. The third-order valence-corrected chi connectivity index (χ3v) is 5.14. The van der Waals surface area contributed by atoms with Crippen LogP contribution in [0.5, 0.6) is 5.75 Å². The molecule has 0 unspecified atom stereocenters. The van der Waals surface area contributed by atoms with Crippen LogP contribution >= 0.6 is 0 Å². The van der Waals surface area contributed by atoms with Crippen LogP contribution in [0.3, 0.4) is 0 Å². The number of benzene rings is 1. The second-order valence-electron chi connectivity index (χ2n) is 7.53. The van der Waals surface area contributed by atoms with Crippen molar-refractivity contribution in [3.8, 4) is 5.75 Å². The van der Waals surface area contributed by atoms with Gasteiger partial charge in [-0.15, -0.1) is 0 Å². The largest absolute Gasteiger partial charge is 0.507 e. The first-order valence-corrected chi connectivity index (χ1v) is 10.9. The predicted molar refractivity (Wildman–Crippen MR) is 114 cm³/mol. The Hall–Kier alpha value is -1.71. The zero-order chi connectivity index (χ0) is 19.9. The van der Waals surface area contributed by atoms with Gasteiger partial charge in [-0.1, -0.05) is 78.1 Å². The SMILES string of the molecule is CCCCCCCCN(CCCCCCCC)c1ccc(O)c(C(=O)O)c1. The van der Waals surface area contributed by atoms with Crippen LogP contribution in [0.1, 0.15) is 101 Å². The predicted octanol–water partition coefficient (Wildman–Crippen LogP) is 6.62. The molecule has 0 bridgehead atoms. The number of rotatable bonds is 16. The molecule has 0 fully saturated rings. The van der Waals surface area contributed by atoms with Gasteiger partial charge in [-0.05, 0) is 31.0 Å². The number of unbranched alkanes of at least 4 members (excludes halogenated alkanes) is 10. The summed E-state index contributed by atoms with van der Waals surface area (Å²) in [7, 11) is 0. The lowest BCUT2D eigenvalue weighted by Crippen LogP contribution is -2.26. The van der Waals surface area contributed by atoms with Gasteiger partial charge in [0, 0.05) is 18.8 Å². The molecule has 0 heterocycles. The standard InChI is InChI=1S/C23H39NO3/c1-3-5-7-9-11-13-17-24(18-14-12-10-8-6-4-2)20-15-16-22(25)21(19-20)23(26)27/h15-16,19,25H,3-14,17-18H2,1-2H3,(H,26,27). The summed E-state index contributed by atoms with van der Waals surface area (Å²) in [5.41, 5.74) is 0.899. The fraction of sp³-hybridized carbons (Fsp3) is 0.696. The molecule has 0 aliphatic carbocycles. The summed E-state index contributed by atoms with van der Waals surface area (Å²) in [6, 6.07) is 4.97. The lowest BCUT2D eigenvalue weighted by Gasteiger charge is -2.25. The van der Waals surface area contributed by atoms with E-state index in [9.17, 15) is 15.0 Å². The van der Waals surface area contributed by atoms with Crippen molar-refractivity contribution in [2.24, 2.45) is 0 Å². The third kappa shape index (κ3) is 9.69. The first kappa shape index (κ1) is 23.3. The van der Waals surface area contributed by atoms with E-state index in [1.54, 1.807) is 6.07 Å². The molecule has 0 atom stereocenters. The number of aromatic hydroxyl groups is 1. The van der Waals surface area contributed by atoms with Crippen molar-refractivity contribution >= 4 is 11.7 Å². The van der Waals surface area contributed by atoms with Crippen LogP contribution in [0.15, 0.2) is 18.2 Å². The first-order chi connectivity index (χ1) is 13.1. The molecule has 27 heavy (non-hydrogen) atoms. The number of hydrogen-bond acceptors (Lipinski definition) is 3. The molecule has 154 valence electrons. The number of carboxylic acids is 1. The Morgan fingerprint density at radius 2 is 1.30 bits per heavy atom. The number of phenols is 1. The van der Waals surface area contributed by atoms with Crippen molar-refractivity contribution in [3.05, 3.63) is 23.8 Å². The molecule has 1 rings (SSSR count). The Morgan fingerprint density at radius 3 is 1.78 bits per heavy atom. The lowest BCUT2D eigenvalue weighted by atomic mass is 10.1. The van der Waals surface area contributed by atoms with Crippen LogP contribution in [0.2, 0.25) is 0 Å². The molecule has 0 aromatic heterocycles. The van der Waals surface area contributed by atoms with Crippen molar-refractivity contribution in [1.29, 1.82) is 0 Å². The van der Waals surface area contributed by atoms with Crippen molar-refractivity contribution in [3.63, 3.8) is 0 Å². The maximum Gasteiger partial charge on any atom is 0.339 e. The Labute approximate surface area is 165 Å². The van der Waals surface area contributed by atoms with E-state index in [1.807, 2.05) is 6.07 Å². The Bertz CT molecular complexity index is 514. The smallest absolute Gasteiger partial charge is 0.339 e. The minimum atomic E-state index is -1.08. The van der Waals surface area contributed by atoms with Crippen molar-refractivity contribution < 1.29 is 15.0 Å². The Balaban J connectivity index is 2.61. The van der Waals surface area contributed by atoms with E-state index in [0.717, 1.165) is 31.6 Å². The normalized spacial score (nSPS) is 10.9. The van der Waals surface area contributed by atoms with Gasteiger partial charge in [-0.2, -0.15) is 0 Å². The van der Waals surface area contributed by atoms with Crippen LogP contribution < -0.4 is 4.90 Å². The highest BCUT2D eigenvalue weighted by Gasteiger charge is 2.14. The summed E-state index contributed by atoms with van der Waals surface area (Å²) < 4.78 is 0. The van der Waals surface area contributed by atoms with E-state index in [0.29, 0.717) is 0 Å². The molecular formula is C23H39NO3. The van der Waals surface area contributed by atoms with Gasteiger partial charge in [0.15, 0.2) is 0 Å². The van der Waals surface area contributed by atoms with E-state index in [4.69, 9.17) is 0 Å². The molecule has 0 spiro atoms. The number of carbonyl (C=O) groups is 1. The van der Waals surface area contributed by atoms with Gasteiger partial charge in [0.05, 0.1) is 0 Å². The summed E-state index contributed by atoms with van der Waals surface area (Å²) in [5, 5.41) is 19.1. The van der Waals surface area contributed by atoms with E-state index in [1.165, 1.54) is 70.3 Å². The van der Waals surface area contributed by atoms with Crippen molar-refractivity contribution in [2.45, 2.75) is 90.9 Å². The second kappa shape index (κ2) is 14.4. The third-order valence-electron chi connectivity index (χ3n) is 5.14. The fourth-order valence-corrected chi connectivity index (χ4v) is 3.43. The molecule has 1 aromatic rings. The molecule has 0 saturated carbocycles. The molecule has 0 radical (unpaired) electrons. The first-order valence-electron chi connectivity index (χ1n) is 10.9. The van der Waals surface area contributed by atoms with E-state index >= 15 is 0 Å². The number of nitrogens with zero attached hydrogens (tertiary/aromatic N) is 1. The number of carboxylic acid groups (broad SMARTS) is 1. The monoisotopic (exact) mass is 377 g/mol. The average Bonchev–Trinajstić information content (AvgIpc) is 2.66. The lowest BCUT2D eigenvalue weighted by molar-refractivity contribution is 0.0693. The second-order valence-corrected chi connectivity index (χ2v) is 7.53. The molecular weight excluding hydrogens is 338 g/mol. The maximum atomic E-state index is 11.3. The van der Waals surface area contributed by atoms with Gasteiger partial charge in [0.2, 0.25) is 0 Å². The summed E-state index contributed by atoms with van der Waals surface area (Å²) >= 11 is 0. The minimum Gasteiger partial charge on any atom is -0.507 e. The molecule has 0 saturated heterocycles. The summed E-state index contributed by atoms with van der Waals surface area (Å²) in [4.78, 5) is 13.6. The number of hydrogen-bond donors (Lipinski definition) is 2. The van der Waals surface area contributed by atoms with Gasteiger partial charge in [0.1, 0.15) is 11.3 Å². The van der Waals surface area contributed by atoms with Crippen LogP contribution in [-0.4, -0.2) is 29.3 Å². The number of anilines is 1. The van der Waals surface area contributed by atoms with Crippen LogP contribution in [0.25, 0.3) is 0 Å². The highest BCUT2D eigenvalue weighted by Crippen LogP contribution is 2.25. The number of aromatic carboxylic acids is 1. The van der Waals surface area contributed by atoms with Gasteiger partial charge in [-0.3, -0.25) is 0 Å². The molecule has 0 amide bonds. The quantitative estimate of drug-likeness (QED) is 0.318. The highest BCUT2D eigenvalue weighted by molar-refractivity contribution is 5.92. The zero-order valence-electron chi connectivity index (χ0n) is 17.4. The van der Waals surface area contributed by atoms with Crippen LogP contribution in [-0.2, 0) is 0 Å². The Morgan fingerprint density at radius 1 is 0.815 bits per heavy atom. The summed E-state index contributed by atoms with van der Waals surface area (Å²) in [5.74, 6) is -1.24. The van der Waals surface area contributed by atoms with Crippen LogP contribution in [0, 0.1) is 0 Å². The molecule has 4 heteroatoms. The average molecular weight is 378 g/mol. The maximum absolute atomic E-state index is 11.3. The van der Waals surface area contributed by atoms with E-state index < -0.39 is 5.97 Å². The van der Waals surface area contributed by atoms with Crippen molar-refractivity contribution in [1.82, 2.24) is 0 Å². The van der Waals surface area contributed by atoms with Crippen LogP contribution in [0.4, 0.5) is 5.69 Å². The molecule has 0 aliphatic heterocycles. The Kier molecular flexibility index (Phi) is 12.4. The topological polar surface area (TPSA) is 60.8 Å². The highest BCUT2D eigenvalue weighted by atomic mass is 16.4. The summed E-state index contributed by atoms with van der Waals surface area (Å²) in [6.45, 7) is 6.36. The van der Waals surface area contributed by atoms with E-state index in [-0.39, 0.29) is 11.3 Å². The van der Waals surface area contributed by atoms with Gasteiger partial charge in [0.25, 0.3) is 0 Å². The van der Waals surface area contributed by atoms with Gasteiger partial charge in [-0.25, -0.2) is 4.79 Å². The molecule has 0 aliphatic rings. The van der Waals surface area contributed by atoms with Gasteiger partial charge >= 0.3 is 5.97 Å². The van der Waals surface area contributed by atoms with Gasteiger partial charge < -0.3 is 15.1 Å². The molecule has 1 aromatic carbocycles. The minimum absolute atomic E-state index is 0.0107. The summed E-state index contributed by atoms with van der Waals surface area (Å²) in [6.07, 6.45) is 15.0. The van der Waals surface area contributed by atoms with E-state index in [2.05, 4.69) is 18.7 Å². The zero-order valence-corrected chi connectivity index (χ0v) is 17.4. The molecule has 2 N–H and O–H groups in total. The van der Waals surface area contributed by atoms with Crippen molar-refractivity contribution in [2.75, 3.05) is 18.0 Å².